The number of aryl methyl sites for hydroxylation is 2. The standard InChI is InChI=1S/C14H16N2O3/c1-7-5-12(17)8(2)9(3)13(7)11-6-10(14(18)19)15-16(11)4/h5-6,17H,1-4H3,(H,18,19). The summed E-state index contributed by atoms with van der Waals surface area (Å²) in [6.07, 6.45) is 0. The number of aromatic carboxylic acids is 1. The summed E-state index contributed by atoms with van der Waals surface area (Å²) in [4.78, 5) is 11.0. The van der Waals surface area contributed by atoms with Crippen LogP contribution in [0.25, 0.3) is 11.3 Å². The van der Waals surface area contributed by atoms with Crippen molar-refractivity contribution in [2.45, 2.75) is 20.8 Å². The number of benzene rings is 1. The first-order chi connectivity index (χ1) is 8.82. The van der Waals surface area contributed by atoms with Gasteiger partial charge in [-0.2, -0.15) is 5.10 Å². The maximum atomic E-state index is 11.0. The Morgan fingerprint density at radius 3 is 2.37 bits per heavy atom. The molecule has 0 atom stereocenters. The number of aromatic hydroxyl groups is 1. The Morgan fingerprint density at radius 1 is 1.21 bits per heavy atom. The number of carbonyl (C=O) groups is 1. The van der Waals surface area contributed by atoms with Gasteiger partial charge in [-0.15, -0.1) is 0 Å². The van der Waals surface area contributed by atoms with E-state index in [-0.39, 0.29) is 11.4 Å². The fourth-order valence-electron chi connectivity index (χ4n) is 2.26. The first-order valence-corrected chi connectivity index (χ1v) is 5.90. The van der Waals surface area contributed by atoms with Gasteiger partial charge in [0.15, 0.2) is 5.69 Å². The highest BCUT2D eigenvalue weighted by molar-refractivity contribution is 5.87. The molecule has 19 heavy (non-hydrogen) atoms. The summed E-state index contributed by atoms with van der Waals surface area (Å²) in [6.45, 7) is 5.63. The van der Waals surface area contributed by atoms with Gasteiger partial charge in [0.05, 0.1) is 5.69 Å². The van der Waals surface area contributed by atoms with Crippen molar-refractivity contribution in [3.05, 3.63) is 34.5 Å². The molecule has 0 aliphatic rings. The molecule has 1 heterocycles. The summed E-state index contributed by atoms with van der Waals surface area (Å²) in [5.74, 6) is -0.799. The Labute approximate surface area is 111 Å². The fraction of sp³-hybridized carbons (Fsp3) is 0.286. The van der Waals surface area contributed by atoms with E-state index in [1.807, 2.05) is 20.8 Å². The summed E-state index contributed by atoms with van der Waals surface area (Å²) in [5.41, 5.74) is 4.27. The Balaban J connectivity index is 2.72. The third kappa shape index (κ3) is 2.07. The summed E-state index contributed by atoms with van der Waals surface area (Å²) in [5, 5.41) is 22.8. The van der Waals surface area contributed by atoms with Crippen LogP contribution in [0, 0.1) is 20.8 Å². The molecular weight excluding hydrogens is 244 g/mol. The lowest BCUT2D eigenvalue weighted by molar-refractivity contribution is 0.0689. The van der Waals surface area contributed by atoms with Crippen LogP contribution in [-0.2, 0) is 7.05 Å². The van der Waals surface area contributed by atoms with Crippen molar-refractivity contribution in [2.24, 2.45) is 7.05 Å². The van der Waals surface area contributed by atoms with Crippen molar-refractivity contribution < 1.29 is 15.0 Å². The van der Waals surface area contributed by atoms with Crippen LogP contribution in [-0.4, -0.2) is 26.0 Å². The second-order valence-corrected chi connectivity index (χ2v) is 4.68. The molecule has 1 aromatic carbocycles. The highest BCUT2D eigenvalue weighted by Gasteiger charge is 2.17. The molecular formula is C14H16N2O3. The Morgan fingerprint density at radius 2 is 1.84 bits per heavy atom. The van der Waals surface area contributed by atoms with Crippen molar-refractivity contribution in [1.82, 2.24) is 9.78 Å². The number of rotatable bonds is 2. The van der Waals surface area contributed by atoms with Gasteiger partial charge in [-0.3, -0.25) is 4.68 Å². The van der Waals surface area contributed by atoms with Crippen molar-refractivity contribution in [3.63, 3.8) is 0 Å². The second-order valence-electron chi connectivity index (χ2n) is 4.68. The second kappa shape index (κ2) is 4.42. The van der Waals surface area contributed by atoms with E-state index in [0.717, 1.165) is 27.9 Å². The molecule has 0 aliphatic heterocycles. The largest absolute Gasteiger partial charge is 0.508 e. The van der Waals surface area contributed by atoms with E-state index in [4.69, 9.17) is 5.11 Å². The average Bonchev–Trinajstić information content (AvgIpc) is 2.69. The zero-order valence-corrected chi connectivity index (χ0v) is 11.4. The van der Waals surface area contributed by atoms with Crippen LogP contribution in [0.4, 0.5) is 0 Å². The van der Waals surface area contributed by atoms with Crippen molar-refractivity contribution >= 4 is 5.97 Å². The van der Waals surface area contributed by atoms with E-state index in [2.05, 4.69) is 5.10 Å². The molecule has 0 fully saturated rings. The molecule has 0 spiro atoms. The van der Waals surface area contributed by atoms with Crippen LogP contribution < -0.4 is 0 Å². The molecule has 5 heteroatoms. The van der Waals surface area contributed by atoms with Crippen molar-refractivity contribution in [2.75, 3.05) is 0 Å². The molecule has 5 nitrogen and oxygen atoms in total. The summed E-state index contributed by atoms with van der Waals surface area (Å²) < 4.78 is 1.55. The molecule has 0 saturated heterocycles. The van der Waals surface area contributed by atoms with E-state index in [9.17, 15) is 9.90 Å². The van der Waals surface area contributed by atoms with E-state index in [1.54, 1.807) is 23.9 Å². The van der Waals surface area contributed by atoms with Gasteiger partial charge in [0.1, 0.15) is 5.75 Å². The molecule has 0 bridgehead atoms. The minimum absolute atomic E-state index is 0.0158. The third-order valence-electron chi connectivity index (χ3n) is 3.42. The van der Waals surface area contributed by atoms with Crippen LogP contribution in [0.15, 0.2) is 12.1 Å². The van der Waals surface area contributed by atoms with Gasteiger partial charge in [0.2, 0.25) is 0 Å². The SMILES string of the molecule is Cc1cc(O)c(C)c(C)c1-c1cc(C(=O)O)nn1C. The van der Waals surface area contributed by atoms with Crippen LogP contribution in [0.3, 0.4) is 0 Å². The molecule has 0 amide bonds. The lowest BCUT2D eigenvalue weighted by Gasteiger charge is -2.14. The number of nitrogens with zero attached hydrogens (tertiary/aromatic N) is 2. The maximum Gasteiger partial charge on any atom is 0.356 e. The first kappa shape index (κ1) is 13.1. The topological polar surface area (TPSA) is 75.3 Å². The van der Waals surface area contributed by atoms with Crippen molar-refractivity contribution in [1.29, 1.82) is 0 Å². The number of hydrogen-bond donors (Lipinski definition) is 2. The van der Waals surface area contributed by atoms with Gasteiger partial charge in [-0.05, 0) is 49.6 Å². The normalized spacial score (nSPS) is 10.7. The molecule has 0 saturated carbocycles. The lowest BCUT2D eigenvalue weighted by atomic mass is 9.95. The van der Waals surface area contributed by atoms with E-state index >= 15 is 0 Å². The summed E-state index contributed by atoms with van der Waals surface area (Å²) >= 11 is 0. The molecule has 1 aromatic heterocycles. The zero-order valence-electron chi connectivity index (χ0n) is 11.4. The highest BCUT2D eigenvalue weighted by atomic mass is 16.4. The van der Waals surface area contributed by atoms with Gasteiger partial charge in [0.25, 0.3) is 0 Å². The Kier molecular flexibility index (Phi) is 3.06. The molecule has 100 valence electrons. The fourth-order valence-corrected chi connectivity index (χ4v) is 2.26. The number of carboxylic acids is 1. The molecule has 0 aliphatic carbocycles. The van der Waals surface area contributed by atoms with E-state index in [0.29, 0.717) is 0 Å². The molecule has 0 radical (unpaired) electrons. The third-order valence-corrected chi connectivity index (χ3v) is 3.42. The number of phenolic OH excluding ortho intramolecular Hbond substituents is 1. The zero-order chi connectivity index (χ0) is 14.3. The van der Waals surface area contributed by atoms with Gasteiger partial charge in [0, 0.05) is 12.6 Å². The minimum Gasteiger partial charge on any atom is -0.508 e. The number of aromatic nitrogens is 2. The van der Waals surface area contributed by atoms with Crippen molar-refractivity contribution in [3.8, 4) is 17.0 Å². The molecule has 2 aromatic rings. The minimum atomic E-state index is -1.05. The molecule has 2 N–H and O–H groups in total. The Bertz CT molecular complexity index is 672. The lowest BCUT2D eigenvalue weighted by Crippen LogP contribution is -2.00. The van der Waals surface area contributed by atoms with Crippen LogP contribution in [0.5, 0.6) is 5.75 Å². The predicted molar refractivity (Wildman–Crippen MR) is 71.5 cm³/mol. The van der Waals surface area contributed by atoms with E-state index < -0.39 is 5.97 Å². The van der Waals surface area contributed by atoms with Gasteiger partial charge in [-0.1, -0.05) is 0 Å². The van der Waals surface area contributed by atoms with Gasteiger partial charge >= 0.3 is 5.97 Å². The Hall–Kier alpha value is -2.30. The quantitative estimate of drug-likeness (QED) is 0.869. The average molecular weight is 260 g/mol. The predicted octanol–water partition coefficient (Wildman–Crippen LogP) is 2.42. The number of carboxylic acid groups (broad SMARTS) is 1. The van der Waals surface area contributed by atoms with Crippen LogP contribution >= 0.6 is 0 Å². The number of phenols is 1. The van der Waals surface area contributed by atoms with Gasteiger partial charge < -0.3 is 10.2 Å². The first-order valence-electron chi connectivity index (χ1n) is 5.90. The van der Waals surface area contributed by atoms with Crippen LogP contribution in [0.2, 0.25) is 0 Å². The summed E-state index contributed by atoms with van der Waals surface area (Å²) in [6, 6.07) is 3.24. The number of hydrogen-bond acceptors (Lipinski definition) is 3. The maximum absolute atomic E-state index is 11.0. The van der Waals surface area contributed by atoms with Crippen LogP contribution in [0.1, 0.15) is 27.2 Å². The van der Waals surface area contributed by atoms with E-state index in [1.165, 1.54) is 0 Å². The monoisotopic (exact) mass is 260 g/mol. The molecule has 2 rings (SSSR count). The highest BCUT2D eigenvalue weighted by Crippen LogP contribution is 2.34. The summed E-state index contributed by atoms with van der Waals surface area (Å²) in [7, 11) is 1.71. The molecule has 0 unspecified atom stereocenters. The van der Waals surface area contributed by atoms with Gasteiger partial charge in [-0.25, -0.2) is 4.79 Å². The smallest absolute Gasteiger partial charge is 0.356 e.